The van der Waals surface area contributed by atoms with E-state index in [-0.39, 0.29) is 6.10 Å². The maximum absolute atomic E-state index is 13.0. The number of nitrogens with one attached hydrogen (secondary N) is 2. The predicted molar refractivity (Wildman–Crippen MR) is 78.4 cm³/mol. The van der Waals surface area contributed by atoms with Crippen LogP contribution in [0.25, 0.3) is 0 Å². The normalized spacial score (nSPS) is 22.9. The fraction of sp³-hybridized carbons (Fsp3) is 0.600. The first-order valence-electron chi connectivity index (χ1n) is 7.58. The van der Waals surface area contributed by atoms with Crippen molar-refractivity contribution in [3.05, 3.63) is 23.8 Å². The van der Waals surface area contributed by atoms with Crippen LogP contribution in [0.1, 0.15) is 12.0 Å². The number of alkyl halides is 3. The Morgan fingerprint density at radius 3 is 2.50 bits per heavy atom. The molecule has 0 aromatic heterocycles. The van der Waals surface area contributed by atoms with Gasteiger partial charge in [-0.1, -0.05) is 0 Å². The highest BCUT2D eigenvalue weighted by molar-refractivity contribution is 5.61. The number of benzene rings is 1. The van der Waals surface area contributed by atoms with Gasteiger partial charge in [0.2, 0.25) is 0 Å². The van der Waals surface area contributed by atoms with Crippen LogP contribution in [0.15, 0.2) is 18.2 Å². The fourth-order valence-electron chi connectivity index (χ4n) is 2.85. The molecule has 122 valence electrons. The van der Waals surface area contributed by atoms with E-state index >= 15 is 0 Å². The SMILES string of the molecule is FC(F)(F)c1ccc(OC2CCNC2)c(N2CCNCC2)c1. The molecule has 0 saturated carbocycles. The van der Waals surface area contributed by atoms with Gasteiger partial charge in [0, 0.05) is 32.7 Å². The number of ether oxygens (including phenoxy) is 1. The topological polar surface area (TPSA) is 36.5 Å². The highest BCUT2D eigenvalue weighted by atomic mass is 19.4. The Hall–Kier alpha value is -1.47. The lowest BCUT2D eigenvalue weighted by Crippen LogP contribution is -2.43. The molecular weight excluding hydrogens is 295 g/mol. The van der Waals surface area contributed by atoms with Gasteiger partial charge in [0.25, 0.3) is 0 Å². The van der Waals surface area contributed by atoms with Crippen molar-refractivity contribution < 1.29 is 17.9 Å². The molecule has 2 N–H and O–H groups in total. The minimum absolute atomic E-state index is 0.0263. The van der Waals surface area contributed by atoms with Crippen molar-refractivity contribution in [1.29, 1.82) is 0 Å². The Labute approximate surface area is 127 Å². The third-order valence-electron chi connectivity index (χ3n) is 4.05. The number of piperazine rings is 1. The van der Waals surface area contributed by atoms with E-state index in [9.17, 15) is 13.2 Å². The van der Waals surface area contributed by atoms with Crippen molar-refractivity contribution >= 4 is 5.69 Å². The van der Waals surface area contributed by atoms with Crippen molar-refractivity contribution in [1.82, 2.24) is 10.6 Å². The second-order valence-corrected chi connectivity index (χ2v) is 5.65. The first kappa shape index (κ1) is 15.4. The molecule has 7 heteroatoms. The summed E-state index contributed by atoms with van der Waals surface area (Å²) in [6, 6.07) is 3.77. The summed E-state index contributed by atoms with van der Waals surface area (Å²) in [5, 5.41) is 6.41. The van der Waals surface area contributed by atoms with Gasteiger partial charge >= 0.3 is 6.18 Å². The Balaban J connectivity index is 1.89. The van der Waals surface area contributed by atoms with Crippen molar-refractivity contribution in [2.45, 2.75) is 18.7 Å². The molecule has 2 saturated heterocycles. The van der Waals surface area contributed by atoms with Gasteiger partial charge in [-0.15, -0.1) is 0 Å². The summed E-state index contributed by atoms with van der Waals surface area (Å²) in [6.07, 6.45) is -3.43. The average molecular weight is 315 g/mol. The molecule has 0 amide bonds. The van der Waals surface area contributed by atoms with Crippen molar-refractivity contribution in [3.8, 4) is 5.75 Å². The predicted octanol–water partition coefficient (Wildman–Crippen LogP) is 1.86. The summed E-state index contributed by atoms with van der Waals surface area (Å²) < 4.78 is 44.9. The van der Waals surface area contributed by atoms with Crippen molar-refractivity contribution in [2.24, 2.45) is 0 Å². The number of hydrogen-bond acceptors (Lipinski definition) is 4. The average Bonchev–Trinajstić information content (AvgIpc) is 3.00. The molecule has 2 aliphatic rings. The summed E-state index contributed by atoms with van der Waals surface area (Å²) in [7, 11) is 0. The molecule has 4 nitrogen and oxygen atoms in total. The number of halogens is 3. The molecule has 3 rings (SSSR count). The molecule has 2 aliphatic heterocycles. The van der Waals surface area contributed by atoms with Crippen LogP contribution >= 0.6 is 0 Å². The van der Waals surface area contributed by atoms with E-state index in [1.807, 2.05) is 4.90 Å². The number of rotatable bonds is 3. The fourth-order valence-corrected chi connectivity index (χ4v) is 2.85. The van der Waals surface area contributed by atoms with Gasteiger partial charge in [0.1, 0.15) is 11.9 Å². The van der Waals surface area contributed by atoms with Crippen LogP contribution in [0.4, 0.5) is 18.9 Å². The highest BCUT2D eigenvalue weighted by Gasteiger charge is 2.32. The highest BCUT2D eigenvalue weighted by Crippen LogP contribution is 2.37. The molecule has 2 heterocycles. The second kappa shape index (κ2) is 6.34. The Morgan fingerprint density at radius 2 is 1.86 bits per heavy atom. The lowest BCUT2D eigenvalue weighted by Gasteiger charge is -2.32. The van der Waals surface area contributed by atoms with E-state index in [0.717, 1.165) is 38.7 Å². The van der Waals surface area contributed by atoms with Crippen LogP contribution in [0.2, 0.25) is 0 Å². The van der Waals surface area contributed by atoms with Gasteiger partial charge < -0.3 is 20.3 Å². The quantitative estimate of drug-likeness (QED) is 0.893. The number of hydrogen-bond donors (Lipinski definition) is 2. The van der Waals surface area contributed by atoms with Crippen LogP contribution < -0.4 is 20.3 Å². The minimum Gasteiger partial charge on any atom is -0.487 e. The molecular formula is C15H20F3N3O. The zero-order chi connectivity index (χ0) is 15.6. The molecule has 0 bridgehead atoms. The van der Waals surface area contributed by atoms with E-state index in [2.05, 4.69) is 10.6 Å². The van der Waals surface area contributed by atoms with E-state index in [0.29, 0.717) is 24.5 Å². The summed E-state index contributed by atoms with van der Waals surface area (Å²) in [5.41, 5.74) is -0.0823. The van der Waals surface area contributed by atoms with Crippen LogP contribution in [0.3, 0.4) is 0 Å². The molecule has 1 aromatic carbocycles. The van der Waals surface area contributed by atoms with Crippen LogP contribution in [-0.4, -0.2) is 45.4 Å². The van der Waals surface area contributed by atoms with Gasteiger partial charge in [0.15, 0.2) is 0 Å². The van der Waals surface area contributed by atoms with E-state index in [4.69, 9.17) is 4.74 Å². The molecule has 22 heavy (non-hydrogen) atoms. The van der Waals surface area contributed by atoms with E-state index in [1.54, 1.807) is 0 Å². The zero-order valence-electron chi connectivity index (χ0n) is 12.2. The summed E-state index contributed by atoms with van der Waals surface area (Å²) in [4.78, 5) is 1.96. The van der Waals surface area contributed by atoms with Gasteiger partial charge in [-0.25, -0.2) is 0 Å². The van der Waals surface area contributed by atoms with Gasteiger partial charge in [-0.2, -0.15) is 13.2 Å². The van der Waals surface area contributed by atoms with Gasteiger partial charge in [-0.3, -0.25) is 0 Å². The third kappa shape index (κ3) is 3.47. The first-order chi connectivity index (χ1) is 10.5. The maximum Gasteiger partial charge on any atom is 0.416 e. The third-order valence-corrected chi connectivity index (χ3v) is 4.05. The smallest absolute Gasteiger partial charge is 0.416 e. The van der Waals surface area contributed by atoms with Crippen LogP contribution in [0.5, 0.6) is 5.75 Å². The molecule has 0 aliphatic carbocycles. The molecule has 1 aromatic rings. The summed E-state index contributed by atoms with van der Waals surface area (Å²) >= 11 is 0. The monoisotopic (exact) mass is 315 g/mol. The zero-order valence-corrected chi connectivity index (χ0v) is 12.2. The lowest BCUT2D eigenvalue weighted by molar-refractivity contribution is -0.137. The Bertz CT molecular complexity index is 509. The van der Waals surface area contributed by atoms with Gasteiger partial charge in [-0.05, 0) is 31.2 Å². The van der Waals surface area contributed by atoms with Crippen molar-refractivity contribution in [3.63, 3.8) is 0 Å². The maximum atomic E-state index is 13.0. The molecule has 0 radical (unpaired) electrons. The minimum atomic E-state index is -4.34. The van der Waals surface area contributed by atoms with Gasteiger partial charge in [0.05, 0.1) is 11.3 Å². The Kier molecular flexibility index (Phi) is 4.44. The summed E-state index contributed by atoms with van der Waals surface area (Å²) in [5.74, 6) is 0.545. The second-order valence-electron chi connectivity index (χ2n) is 5.65. The van der Waals surface area contributed by atoms with Crippen LogP contribution in [-0.2, 0) is 6.18 Å². The largest absolute Gasteiger partial charge is 0.487 e. The molecule has 1 atom stereocenters. The van der Waals surface area contributed by atoms with Crippen molar-refractivity contribution in [2.75, 3.05) is 44.2 Å². The molecule has 1 unspecified atom stereocenters. The summed E-state index contributed by atoms with van der Waals surface area (Å²) in [6.45, 7) is 4.51. The standard InChI is InChI=1S/C15H20F3N3O/c16-15(17,18)11-1-2-14(22-12-3-4-20-10-12)13(9-11)21-7-5-19-6-8-21/h1-2,9,12,19-20H,3-8,10H2. The van der Waals surface area contributed by atoms with E-state index in [1.165, 1.54) is 12.1 Å². The number of nitrogens with zero attached hydrogens (tertiary/aromatic N) is 1. The van der Waals surface area contributed by atoms with E-state index < -0.39 is 11.7 Å². The Morgan fingerprint density at radius 1 is 1.09 bits per heavy atom. The first-order valence-corrected chi connectivity index (χ1v) is 7.58. The number of anilines is 1. The van der Waals surface area contributed by atoms with Crippen LogP contribution in [0, 0.1) is 0 Å². The lowest BCUT2D eigenvalue weighted by atomic mass is 10.1. The molecule has 0 spiro atoms. The molecule has 2 fully saturated rings.